The number of pyridine rings is 1. The van der Waals surface area contributed by atoms with Crippen LogP contribution in [0.4, 0.5) is 5.13 Å². The highest BCUT2D eigenvalue weighted by atomic mass is 32.2. The maximum Gasteiger partial charge on any atom is 0.383 e. The number of thioether (sulfide) groups is 1. The lowest BCUT2D eigenvalue weighted by molar-refractivity contribution is -0.514. The van der Waals surface area contributed by atoms with Crippen LogP contribution in [0.25, 0.3) is 5.65 Å². The van der Waals surface area contributed by atoms with E-state index in [1.54, 1.807) is 30.5 Å². The SMILES string of the molecule is CCOC(=O)c1c(C)n(CC2=C(C(=O)O)N3C(=O)[C@@H](NC(=O)C(=NOC)c4csc(N)n4)[C@@H]3SC2)c2cccc[n+]12. The van der Waals surface area contributed by atoms with Gasteiger partial charge in [0, 0.05) is 29.7 Å². The molecule has 0 radical (unpaired) electrons. The monoisotopic (exact) mass is 600 g/mol. The standard InChI is InChI=1S/C25H25N7O7S2/c1-4-39-24(37)18-12(2)31(15-7-5-6-8-30(15)18)9-13-10-40-22-17(21(34)32(22)19(13)23(35)36)28-20(33)16(29-38-3)14-11-41-25(26)27-14/h5-8,11,17,22H,4,9-10H2,1-3H3,(H3-,26,27,28,33,35,36)/p+1/t17-,22+/m1/s1. The summed E-state index contributed by atoms with van der Waals surface area (Å²) in [5.41, 5.74) is 7.61. The molecule has 3 aromatic rings. The zero-order valence-electron chi connectivity index (χ0n) is 22.2. The molecule has 41 heavy (non-hydrogen) atoms. The number of aromatic nitrogens is 3. The van der Waals surface area contributed by atoms with Gasteiger partial charge in [-0.15, -0.1) is 23.1 Å². The molecule has 2 amide bonds. The van der Waals surface area contributed by atoms with E-state index in [2.05, 4.69) is 15.5 Å². The van der Waals surface area contributed by atoms with Crippen LogP contribution in [0.3, 0.4) is 0 Å². The number of ether oxygens (including phenoxy) is 1. The first-order valence-electron chi connectivity index (χ1n) is 12.4. The number of hydrogen-bond acceptors (Lipinski definition) is 11. The number of carboxylic acid groups (broad SMARTS) is 1. The number of carboxylic acids is 1. The molecule has 0 spiro atoms. The highest BCUT2D eigenvalue weighted by Crippen LogP contribution is 2.41. The van der Waals surface area contributed by atoms with Crippen LogP contribution in [0.1, 0.15) is 28.8 Å². The summed E-state index contributed by atoms with van der Waals surface area (Å²) in [7, 11) is 1.27. The summed E-state index contributed by atoms with van der Waals surface area (Å²) in [4.78, 5) is 61.4. The number of carbonyl (C=O) groups excluding carboxylic acids is 3. The van der Waals surface area contributed by atoms with Gasteiger partial charge in [0.2, 0.25) is 0 Å². The molecule has 0 aromatic carbocycles. The predicted molar refractivity (Wildman–Crippen MR) is 148 cm³/mol. The highest BCUT2D eigenvalue weighted by molar-refractivity contribution is 8.00. The Morgan fingerprint density at radius 1 is 1.34 bits per heavy atom. The molecule has 2 atom stereocenters. The summed E-state index contributed by atoms with van der Waals surface area (Å²) in [6.45, 7) is 3.80. The fraction of sp³-hybridized carbons (Fsp3) is 0.320. The first-order valence-corrected chi connectivity index (χ1v) is 14.3. The van der Waals surface area contributed by atoms with Gasteiger partial charge in [0.25, 0.3) is 23.2 Å². The van der Waals surface area contributed by atoms with E-state index in [9.17, 15) is 24.3 Å². The lowest BCUT2D eigenvalue weighted by Gasteiger charge is -2.49. The molecule has 14 nitrogen and oxygen atoms in total. The van der Waals surface area contributed by atoms with E-state index in [0.29, 0.717) is 22.6 Å². The van der Waals surface area contributed by atoms with Crippen LogP contribution < -0.4 is 15.5 Å². The number of hydrogen-bond donors (Lipinski definition) is 3. The quantitative estimate of drug-likeness (QED) is 0.103. The average molecular weight is 601 g/mol. The van der Waals surface area contributed by atoms with Crippen LogP contribution >= 0.6 is 23.1 Å². The highest BCUT2D eigenvalue weighted by Gasteiger charge is 2.54. The molecule has 2 aliphatic heterocycles. The second-order valence-corrected chi connectivity index (χ2v) is 11.0. The first-order chi connectivity index (χ1) is 19.7. The van der Waals surface area contributed by atoms with Crippen molar-refractivity contribution in [3.05, 3.63) is 58.1 Å². The van der Waals surface area contributed by atoms with E-state index in [4.69, 9.17) is 15.3 Å². The Morgan fingerprint density at radius 3 is 2.78 bits per heavy atom. The number of anilines is 1. The third kappa shape index (κ3) is 4.88. The van der Waals surface area contributed by atoms with Gasteiger partial charge in [0.05, 0.1) is 12.8 Å². The van der Waals surface area contributed by atoms with Crippen LogP contribution in [0.2, 0.25) is 0 Å². The maximum atomic E-state index is 13.2. The number of nitrogens with one attached hydrogen (secondary N) is 1. The molecule has 0 saturated carbocycles. The van der Waals surface area contributed by atoms with Gasteiger partial charge in [0.1, 0.15) is 36.5 Å². The number of amides is 2. The molecule has 0 aliphatic carbocycles. The van der Waals surface area contributed by atoms with Crippen molar-refractivity contribution >= 4 is 63.3 Å². The number of thiazole rings is 1. The number of oxime groups is 1. The molecule has 5 rings (SSSR count). The molecule has 0 bridgehead atoms. The molecule has 0 unspecified atom stereocenters. The number of nitrogens with two attached hydrogens (primary N) is 1. The molecular weight excluding hydrogens is 574 g/mol. The number of β-lactam (4-membered cyclic amide) rings is 1. The second-order valence-electron chi connectivity index (χ2n) is 8.98. The van der Waals surface area contributed by atoms with E-state index in [1.165, 1.54) is 29.2 Å². The Hall–Kier alpha value is -4.44. The molecule has 4 N–H and O–H groups in total. The van der Waals surface area contributed by atoms with Crippen molar-refractivity contribution in [3.8, 4) is 0 Å². The Morgan fingerprint density at radius 2 is 2.12 bits per heavy atom. The van der Waals surface area contributed by atoms with Crippen molar-refractivity contribution in [1.29, 1.82) is 0 Å². The molecule has 2 aliphatic rings. The number of rotatable bonds is 9. The van der Waals surface area contributed by atoms with Crippen LogP contribution in [0, 0.1) is 6.92 Å². The zero-order chi connectivity index (χ0) is 29.4. The number of imidazole rings is 1. The van der Waals surface area contributed by atoms with Gasteiger partial charge in [-0.3, -0.25) is 14.5 Å². The minimum Gasteiger partial charge on any atom is -0.477 e. The van der Waals surface area contributed by atoms with Gasteiger partial charge in [0.15, 0.2) is 16.5 Å². The van der Waals surface area contributed by atoms with Crippen molar-refractivity contribution in [3.63, 3.8) is 0 Å². The van der Waals surface area contributed by atoms with Crippen LogP contribution in [0.5, 0.6) is 0 Å². The second kappa shape index (κ2) is 11.2. The number of nitrogen functional groups attached to an aromatic ring is 1. The summed E-state index contributed by atoms with van der Waals surface area (Å²) in [5, 5.41) is 17.6. The number of nitrogens with zero attached hydrogens (tertiary/aromatic N) is 5. The number of carbonyl (C=O) groups is 4. The van der Waals surface area contributed by atoms with Crippen molar-refractivity contribution in [2.24, 2.45) is 5.16 Å². The molecule has 1 saturated heterocycles. The summed E-state index contributed by atoms with van der Waals surface area (Å²) in [6.07, 6.45) is 1.73. The van der Waals surface area contributed by atoms with Crippen molar-refractivity contribution < 1.29 is 38.3 Å². The fourth-order valence-corrected chi connectivity index (χ4v) is 6.74. The number of esters is 1. The van der Waals surface area contributed by atoms with E-state index < -0.39 is 35.2 Å². The normalized spacial score (nSPS) is 18.7. The lowest BCUT2D eigenvalue weighted by Crippen LogP contribution is -2.71. The smallest absolute Gasteiger partial charge is 0.383 e. The van der Waals surface area contributed by atoms with E-state index in [-0.39, 0.29) is 41.1 Å². The van der Waals surface area contributed by atoms with Crippen LogP contribution in [-0.2, 0) is 30.5 Å². The molecule has 16 heteroatoms. The van der Waals surface area contributed by atoms with Gasteiger partial charge < -0.3 is 25.7 Å². The summed E-state index contributed by atoms with van der Waals surface area (Å²) < 4.78 is 8.76. The fourth-order valence-electron chi connectivity index (χ4n) is 4.86. The Labute approximate surface area is 241 Å². The molecule has 3 aromatic heterocycles. The zero-order valence-corrected chi connectivity index (χ0v) is 23.8. The van der Waals surface area contributed by atoms with Gasteiger partial charge in [-0.2, -0.15) is 4.40 Å². The maximum absolute atomic E-state index is 13.2. The Balaban J connectivity index is 1.43. The lowest BCUT2D eigenvalue weighted by atomic mass is 10.0. The van der Waals surface area contributed by atoms with E-state index in [1.807, 2.05) is 16.7 Å². The third-order valence-corrected chi connectivity index (χ3v) is 8.63. The number of fused-ring (bicyclic) bond motifs is 2. The minimum atomic E-state index is -1.27. The number of aliphatic carboxylic acids is 1. The molecule has 1 fully saturated rings. The Kier molecular flexibility index (Phi) is 7.68. The van der Waals surface area contributed by atoms with Gasteiger partial charge in [-0.05, 0) is 13.0 Å². The van der Waals surface area contributed by atoms with Gasteiger partial charge >= 0.3 is 11.9 Å². The van der Waals surface area contributed by atoms with Crippen molar-refractivity contribution in [2.45, 2.75) is 31.8 Å². The summed E-state index contributed by atoms with van der Waals surface area (Å²) >= 11 is 2.44. The molecular formula is C25H26N7O7S2+. The minimum absolute atomic E-state index is 0.122. The molecule has 5 heterocycles. The van der Waals surface area contributed by atoms with Crippen molar-refractivity contribution in [1.82, 2.24) is 19.8 Å². The van der Waals surface area contributed by atoms with Gasteiger partial charge in [-0.1, -0.05) is 11.2 Å². The van der Waals surface area contributed by atoms with Crippen LogP contribution in [-0.4, -0.2) is 79.9 Å². The van der Waals surface area contributed by atoms with E-state index in [0.717, 1.165) is 11.3 Å². The molecule has 214 valence electrons. The van der Waals surface area contributed by atoms with Gasteiger partial charge in [-0.25, -0.2) is 19.1 Å². The largest absolute Gasteiger partial charge is 0.477 e. The third-order valence-electron chi connectivity index (χ3n) is 6.62. The van der Waals surface area contributed by atoms with Crippen molar-refractivity contribution in [2.75, 3.05) is 25.2 Å². The predicted octanol–water partition coefficient (Wildman–Crippen LogP) is 0.540. The average Bonchev–Trinajstić information content (AvgIpc) is 3.50. The summed E-state index contributed by atoms with van der Waals surface area (Å²) in [5.74, 6) is -2.77. The summed E-state index contributed by atoms with van der Waals surface area (Å²) in [6, 6.07) is 4.42. The Bertz CT molecular complexity index is 1640. The van der Waals surface area contributed by atoms with Crippen LogP contribution in [0.15, 0.2) is 46.2 Å². The van der Waals surface area contributed by atoms with E-state index >= 15 is 0 Å². The first kappa shape index (κ1) is 28.1. The topological polar surface area (TPSA) is 183 Å².